The van der Waals surface area contributed by atoms with Gasteiger partial charge in [0.05, 0.1) is 23.0 Å². The van der Waals surface area contributed by atoms with E-state index < -0.39 is 0 Å². The van der Waals surface area contributed by atoms with Crippen molar-refractivity contribution >= 4 is 29.0 Å². The van der Waals surface area contributed by atoms with E-state index in [0.717, 1.165) is 43.8 Å². The van der Waals surface area contributed by atoms with Gasteiger partial charge in [-0.05, 0) is 38.9 Å². The van der Waals surface area contributed by atoms with Gasteiger partial charge in [0.1, 0.15) is 5.60 Å². The molecule has 26 heavy (non-hydrogen) atoms. The Labute approximate surface area is 160 Å². The molecule has 2 aromatic rings. The topological polar surface area (TPSA) is 51.4 Å². The molecular weight excluding hydrogens is 348 g/mol. The SMILES string of the molecule is Cc1nn(C2CCCC2)c2cc(C3=NOC4(CCNCC4)C3)ccc12.Cl. The number of piperidine rings is 1. The highest BCUT2D eigenvalue weighted by Crippen LogP contribution is 2.36. The number of nitrogens with one attached hydrogen (secondary N) is 1. The van der Waals surface area contributed by atoms with Crippen LogP contribution in [0.15, 0.2) is 23.4 Å². The van der Waals surface area contributed by atoms with Gasteiger partial charge in [0, 0.05) is 30.2 Å². The molecule has 0 bridgehead atoms. The number of fused-ring (bicyclic) bond motifs is 1. The Bertz CT molecular complexity index is 832. The maximum Gasteiger partial charge on any atom is 0.145 e. The fourth-order valence-electron chi connectivity index (χ4n) is 4.73. The number of hydrogen-bond donors (Lipinski definition) is 1. The van der Waals surface area contributed by atoms with Crippen LogP contribution in [0.3, 0.4) is 0 Å². The Hall–Kier alpha value is -1.59. The highest BCUT2D eigenvalue weighted by molar-refractivity contribution is 6.04. The molecule has 3 heterocycles. The number of oxime groups is 1. The third kappa shape index (κ3) is 2.91. The zero-order chi connectivity index (χ0) is 16.9. The highest BCUT2D eigenvalue weighted by Gasteiger charge is 2.40. The maximum atomic E-state index is 5.92. The molecule has 1 aliphatic carbocycles. The van der Waals surface area contributed by atoms with Crippen LogP contribution in [0.25, 0.3) is 10.9 Å². The lowest BCUT2D eigenvalue weighted by Gasteiger charge is -2.30. The summed E-state index contributed by atoms with van der Waals surface area (Å²) in [6, 6.07) is 7.26. The van der Waals surface area contributed by atoms with Gasteiger partial charge in [0.2, 0.25) is 0 Å². The first-order chi connectivity index (χ1) is 12.2. The standard InChI is InChI=1S/C20H26N4O.ClH/c1-14-17-7-6-15(12-19(17)24(22-14)16-4-2-3-5-16)18-13-20(25-23-18)8-10-21-11-9-20;/h6-7,12,16,21H,2-5,8-11,13H2,1H3;1H. The molecule has 0 atom stereocenters. The van der Waals surface area contributed by atoms with Gasteiger partial charge < -0.3 is 10.2 Å². The van der Waals surface area contributed by atoms with Crippen LogP contribution in [0.4, 0.5) is 0 Å². The molecule has 0 amide bonds. The largest absolute Gasteiger partial charge is 0.388 e. The fourth-order valence-corrected chi connectivity index (χ4v) is 4.73. The van der Waals surface area contributed by atoms with Crippen LogP contribution in [0.2, 0.25) is 0 Å². The van der Waals surface area contributed by atoms with E-state index in [0.29, 0.717) is 6.04 Å². The Morgan fingerprint density at radius 2 is 1.96 bits per heavy atom. The van der Waals surface area contributed by atoms with Crippen molar-refractivity contribution in [1.82, 2.24) is 15.1 Å². The normalized spacial score (nSPS) is 22.4. The van der Waals surface area contributed by atoms with E-state index in [1.165, 1.54) is 42.1 Å². The second-order valence-electron chi connectivity index (χ2n) is 7.94. The van der Waals surface area contributed by atoms with E-state index in [4.69, 9.17) is 9.94 Å². The molecule has 5 rings (SSSR count). The van der Waals surface area contributed by atoms with Crippen LogP contribution >= 0.6 is 12.4 Å². The predicted octanol–water partition coefficient (Wildman–Crippen LogP) is 4.13. The van der Waals surface area contributed by atoms with Crippen molar-refractivity contribution in [2.24, 2.45) is 5.16 Å². The molecule has 0 unspecified atom stereocenters. The minimum absolute atomic E-state index is 0. The molecule has 0 radical (unpaired) electrons. The van der Waals surface area contributed by atoms with Crippen LogP contribution < -0.4 is 5.32 Å². The minimum atomic E-state index is -0.0723. The van der Waals surface area contributed by atoms with Gasteiger partial charge in [-0.1, -0.05) is 30.1 Å². The molecule has 2 fully saturated rings. The lowest BCUT2D eigenvalue weighted by Crippen LogP contribution is -2.42. The quantitative estimate of drug-likeness (QED) is 0.859. The Balaban J connectivity index is 0.00000168. The van der Waals surface area contributed by atoms with Crippen molar-refractivity contribution in [2.45, 2.75) is 63.5 Å². The van der Waals surface area contributed by atoms with E-state index >= 15 is 0 Å². The average Bonchev–Trinajstić information content (AvgIpc) is 3.36. The van der Waals surface area contributed by atoms with E-state index in [-0.39, 0.29) is 18.0 Å². The minimum Gasteiger partial charge on any atom is -0.388 e. The van der Waals surface area contributed by atoms with Crippen LogP contribution in [-0.2, 0) is 4.84 Å². The van der Waals surface area contributed by atoms with Gasteiger partial charge in [-0.25, -0.2) is 0 Å². The zero-order valence-corrected chi connectivity index (χ0v) is 16.1. The van der Waals surface area contributed by atoms with E-state index in [9.17, 15) is 0 Å². The molecule has 1 saturated heterocycles. The van der Waals surface area contributed by atoms with Crippen molar-refractivity contribution in [3.63, 3.8) is 0 Å². The Morgan fingerprint density at radius 3 is 2.73 bits per heavy atom. The molecule has 1 aromatic heterocycles. The molecule has 1 spiro atoms. The molecule has 1 N–H and O–H groups in total. The Morgan fingerprint density at radius 1 is 1.19 bits per heavy atom. The van der Waals surface area contributed by atoms with Crippen LogP contribution in [0.5, 0.6) is 0 Å². The Kier molecular flexibility index (Phi) is 4.70. The number of halogens is 1. The molecule has 140 valence electrons. The summed E-state index contributed by atoms with van der Waals surface area (Å²) < 4.78 is 2.28. The number of aromatic nitrogens is 2. The lowest BCUT2D eigenvalue weighted by atomic mass is 9.86. The number of benzene rings is 1. The van der Waals surface area contributed by atoms with Crippen molar-refractivity contribution in [3.05, 3.63) is 29.5 Å². The predicted molar refractivity (Wildman–Crippen MR) is 106 cm³/mol. The van der Waals surface area contributed by atoms with Gasteiger partial charge in [-0.15, -0.1) is 12.4 Å². The summed E-state index contributed by atoms with van der Waals surface area (Å²) in [6.45, 7) is 4.17. The summed E-state index contributed by atoms with van der Waals surface area (Å²) in [5, 5.41) is 14.0. The molecular formula is C20H27ClN4O. The molecule has 3 aliphatic rings. The van der Waals surface area contributed by atoms with Gasteiger partial charge in [-0.2, -0.15) is 5.10 Å². The van der Waals surface area contributed by atoms with E-state index in [2.05, 4.69) is 40.3 Å². The molecule has 6 heteroatoms. The first-order valence-corrected chi connectivity index (χ1v) is 9.69. The summed E-state index contributed by atoms with van der Waals surface area (Å²) in [5.74, 6) is 0. The van der Waals surface area contributed by atoms with Crippen molar-refractivity contribution in [1.29, 1.82) is 0 Å². The van der Waals surface area contributed by atoms with Crippen LogP contribution in [0.1, 0.15) is 62.2 Å². The van der Waals surface area contributed by atoms with Crippen molar-refractivity contribution in [2.75, 3.05) is 13.1 Å². The number of nitrogens with zero attached hydrogens (tertiary/aromatic N) is 3. The molecule has 1 aromatic carbocycles. The average molecular weight is 375 g/mol. The monoisotopic (exact) mass is 374 g/mol. The number of aryl methyl sites for hydroxylation is 1. The van der Waals surface area contributed by atoms with Gasteiger partial charge >= 0.3 is 0 Å². The van der Waals surface area contributed by atoms with Crippen molar-refractivity contribution < 1.29 is 4.84 Å². The molecule has 5 nitrogen and oxygen atoms in total. The second-order valence-corrected chi connectivity index (χ2v) is 7.94. The summed E-state index contributed by atoms with van der Waals surface area (Å²) in [7, 11) is 0. The van der Waals surface area contributed by atoms with Crippen LogP contribution in [0, 0.1) is 6.92 Å². The maximum absolute atomic E-state index is 5.92. The van der Waals surface area contributed by atoms with Gasteiger partial charge in [0.15, 0.2) is 0 Å². The van der Waals surface area contributed by atoms with Gasteiger partial charge in [0.25, 0.3) is 0 Å². The van der Waals surface area contributed by atoms with Crippen LogP contribution in [-0.4, -0.2) is 34.2 Å². The van der Waals surface area contributed by atoms with Gasteiger partial charge in [-0.3, -0.25) is 4.68 Å². The zero-order valence-electron chi connectivity index (χ0n) is 15.3. The summed E-state index contributed by atoms with van der Waals surface area (Å²) in [4.78, 5) is 5.92. The third-order valence-corrected chi connectivity index (χ3v) is 6.25. The van der Waals surface area contributed by atoms with Crippen molar-refractivity contribution in [3.8, 4) is 0 Å². The molecule has 2 aliphatic heterocycles. The lowest BCUT2D eigenvalue weighted by molar-refractivity contribution is -0.0400. The fraction of sp³-hybridized carbons (Fsp3) is 0.600. The summed E-state index contributed by atoms with van der Waals surface area (Å²) in [6.07, 6.45) is 8.16. The summed E-state index contributed by atoms with van der Waals surface area (Å²) in [5.41, 5.74) is 4.61. The number of rotatable bonds is 2. The summed E-state index contributed by atoms with van der Waals surface area (Å²) >= 11 is 0. The van der Waals surface area contributed by atoms with E-state index in [1.807, 2.05) is 0 Å². The molecule has 1 saturated carbocycles. The second kappa shape index (κ2) is 6.86. The van der Waals surface area contributed by atoms with E-state index in [1.54, 1.807) is 0 Å². The first-order valence-electron chi connectivity index (χ1n) is 9.69. The smallest absolute Gasteiger partial charge is 0.145 e. The number of hydrogen-bond acceptors (Lipinski definition) is 4. The first kappa shape index (κ1) is 17.8. The third-order valence-electron chi connectivity index (χ3n) is 6.25. The highest BCUT2D eigenvalue weighted by atomic mass is 35.5.